The molecule has 0 atom stereocenters. The number of nitrogen functional groups attached to an aromatic ring is 1. The highest BCUT2D eigenvalue weighted by Gasteiger charge is 2.17. The van der Waals surface area contributed by atoms with Gasteiger partial charge in [0.1, 0.15) is 5.82 Å². The lowest BCUT2D eigenvalue weighted by atomic mass is 9.83. The second kappa shape index (κ2) is 5.17. The van der Waals surface area contributed by atoms with Crippen LogP contribution in [0.3, 0.4) is 0 Å². The molecule has 92 valence electrons. The Bertz CT molecular complexity index is 416. The molecule has 1 fully saturated rings. The van der Waals surface area contributed by atoms with Gasteiger partial charge in [-0.25, -0.2) is 4.39 Å². The Kier molecular flexibility index (Phi) is 3.61. The first-order valence-electron chi connectivity index (χ1n) is 6.00. The zero-order chi connectivity index (χ0) is 12.3. The normalized spacial score (nSPS) is 15.4. The predicted molar refractivity (Wildman–Crippen MR) is 65.1 cm³/mol. The number of hydrogen-bond donors (Lipinski definition) is 2. The predicted octanol–water partition coefficient (Wildman–Crippen LogP) is 2.33. The van der Waals surface area contributed by atoms with E-state index in [-0.39, 0.29) is 11.6 Å². The van der Waals surface area contributed by atoms with E-state index in [9.17, 15) is 9.18 Å². The van der Waals surface area contributed by atoms with Crippen molar-refractivity contribution in [2.24, 2.45) is 5.92 Å². The molecule has 0 saturated heterocycles. The summed E-state index contributed by atoms with van der Waals surface area (Å²) in [6.07, 6.45) is 4.86. The van der Waals surface area contributed by atoms with Crippen LogP contribution in [0.15, 0.2) is 18.2 Å². The maximum Gasteiger partial charge on any atom is 0.251 e. The number of hydrogen-bond acceptors (Lipinski definition) is 2. The van der Waals surface area contributed by atoms with Crippen molar-refractivity contribution in [2.75, 3.05) is 12.3 Å². The molecule has 0 aliphatic heterocycles. The van der Waals surface area contributed by atoms with Crippen LogP contribution in [0.25, 0.3) is 0 Å². The molecule has 0 bridgehead atoms. The van der Waals surface area contributed by atoms with E-state index in [1.807, 2.05) is 0 Å². The fraction of sp³-hybridized carbons (Fsp3) is 0.462. The molecule has 0 heterocycles. The summed E-state index contributed by atoms with van der Waals surface area (Å²) in [5.41, 5.74) is 5.74. The molecule has 0 spiro atoms. The number of rotatable bonds is 4. The molecule has 1 aromatic rings. The van der Waals surface area contributed by atoms with Crippen molar-refractivity contribution >= 4 is 11.6 Å². The lowest BCUT2D eigenvalue weighted by Gasteiger charge is -2.25. The minimum absolute atomic E-state index is 0.0658. The van der Waals surface area contributed by atoms with Crippen LogP contribution in [0, 0.1) is 11.7 Å². The topological polar surface area (TPSA) is 55.1 Å². The highest BCUT2D eigenvalue weighted by Crippen LogP contribution is 2.28. The second-order valence-electron chi connectivity index (χ2n) is 4.58. The van der Waals surface area contributed by atoms with Crippen molar-refractivity contribution in [3.63, 3.8) is 0 Å². The third kappa shape index (κ3) is 2.96. The molecule has 1 aliphatic carbocycles. The summed E-state index contributed by atoms with van der Waals surface area (Å²) < 4.78 is 13.1. The Morgan fingerprint density at radius 3 is 2.82 bits per heavy atom. The molecule has 1 amide bonds. The SMILES string of the molecule is Nc1ccc(C(=O)NCCC2CCC2)cc1F. The van der Waals surface area contributed by atoms with Gasteiger partial charge in [0.15, 0.2) is 0 Å². The maximum atomic E-state index is 13.1. The van der Waals surface area contributed by atoms with Gasteiger partial charge in [0.05, 0.1) is 5.69 Å². The van der Waals surface area contributed by atoms with E-state index in [0.717, 1.165) is 12.3 Å². The van der Waals surface area contributed by atoms with Crippen LogP contribution in [0.5, 0.6) is 0 Å². The molecule has 0 unspecified atom stereocenters. The summed E-state index contributed by atoms with van der Waals surface area (Å²) in [7, 11) is 0. The van der Waals surface area contributed by atoms with Crippen molar-refractivity contribution in [1.82, 2.24) is 5.32 Å². The van der Waals surface area contributed by atoms with Crippen LogP contribution in [-0.2, 0) is 0 Å². The van der Waals surface area contributed by atoms with Crippen molar-refractivity contribution in [3.05, 3.63) is 29.6 Å². The van der Waals surface area contributed by atoms with Crippen LogP contribution < -0.4 is 11.1 Å². The zero-order valence-corrected chi connectivity index (χ0v) is 9.71. The molecule has 17 heavy (non-hydrogen) atoms. The number of carbonyl (C=O) groups is 1. The first-order chi connectivity index (χ1) is 8.16. The van der Waals surface area contributed by atoms with Crippen molar-refractivity contribution in [2.45, 2.75) is 25.7 Å². The summed E-state index contributed by atoms with van der Waals surface area (Å²) in [6.45, 7) is 0.662. The third-order valence-electron chi connectivity index (χ3n) is 3.33. The Morgan fingerprint density at radius 1 is 1.47 bits per heavy atom. The second-order valence-corrected chi connectivity index (χ2v) is 4.58. The Hall–Kier alpha value is -1.58. The molecule has 3 N–H and O–H groups in total. The zero-order valence-electron chi connectivity index (χ0n) is 9.71. The largest absolute Gasteiger partial charge is 0.396 e. The molecule has 1 saturated carbocycles. The standard InChI is InChI=1S/C13H17FN2O/c14-11-8-10(4-5-12(11)15)13(17)16-7-6-9-2-1-3-9/h4-5,8-9H,1-3,6-7,15H2,(H,16,17). The lowest BCUT2D eigenvalue weighted by Crippen LogP contribution is -2.27. The van der Waals surface area contributed by atoms with E-state index in [2.05, 4.69) is 5.32 Å². The van der Waals surface area contributed by atoms with Crippen LogP contribution in [0.2, 0.25) is 0 Å². The summed E-state index contributed by atoms with van der Waals surface area (Å²) in [6, 6.07) is 4.13. The maximum absolute atomic E-state index is 13.1. The van der Waals surface area contributed by atoms with Gasteiger partial charge in [-0.2, -0.15) is 0 Å². The summed E-state index contributed by atoms with van der Waals surface area (Å²) >= 11 is 0. The van der Waals surface area contributed by atoms with Crippen LogP contribution in [0.4, 0.5) is 10.1 Å². The third-order valence-corrected chi connectivity index (χ3v) is 3.33. The molecule has 3 nitrogen and oxygen atoms in total. The van der Waals surface area contributed by atoms with Crippen LogP contribution in [0.1, 0.15) is 36.0 Å². The fourth-order valence-corrected chi connectivity index (χ4v) is 1.94. The number of nitrogens with one attached hydrogen (secondary N) is 1. The minimum atomic E-state index is -0.545. The number of amides is 1. The number of nitrogens with two attached hydrogens (primary N) is 1. The molecular formula is C13H17FN2O. The first-order valence-corrected chi connectivity index (χ1v) is 6.00. The number of halogens is 1. The number of anilines is 1. The van der Waals surface area contributed by atoms with E-state index < -0.39 is 5.82 Å². The van der Waals surface area contributed by atoms with Crippen molar-refractivity contribution in [3.8, 4) is 0 Å². The minimum Gasteiger partial charge on any atom is -0.396 e. The van der Waals surface area contributed by atoms with Gasteiger partial charge in [-0.05, 0) is 30.5 Å². The Balaban J connectivity index is 1.83. The summed E-state index contributed by atoms with van der Waals surface area (Å²) in [5, 5.41) is 2.80. The first kappa shape index (κ1) is 11.9. The summed E-state index contributed by atoms with van der Waals surface area (Å²) in [5.74, 6) is -0.0154. The van der Waals surface area contributed by atoms with Crippen LogP contribution in [-0.4, -0.2) is 12.5 Å². The van der Waals surface area contributed by atoms with Crippen molar-refractivity contribution < 1.29 is 9.18 Å². The van der Waals surface area contributed by atoms with Gasteiger partial charge < -0.3 is 11.1 Å². The molecule has 1 aliphatic rings. The van der Waals surface area contributed by atoms with Gasteiger partial charge in [-0.1, -0.05) is 19.3 Å². The average molecular weight is 236 g/mol. The van der Waals surface area contributed by atoms with Gasteiger partial charge in [0, 0.05) is 12.1 Å². The average Bonchev–Trinajstić information content (AvgIpc) is 2.25. The smallest absolute Gasteiger partial charge is 0.251 e. The van der Waals surface area contributed by atoms with E-state index in [1.54, 1.807) is 0 Å². The molecular weight excluding hydrogens is 219 g/mol. The van der Waals surface area contributed by atoms with Gasteiger partial charge in [0.2, 0.25) is 0 Å². The van der Waals surface area contributed by atoms with Gasteiger partial charge in [-0.3, -0.25) is 4.79 Å². The summed E-state index contributed by atoms with van der Waals surface area (Å²) in [4.78, 5) is 11.7. The van der Waals surface area contributed by atoms with E-state index >= 15 is 0 Å². The fourth-order valence-electron chi connectivity index (χ4n) is 1.94. The molecule has 0 aromatic heterocycles. The monoisotopic (exact) mass is 236 g/mol. The Morgan fingerprint density at radius 2 is 2.24 bits per heavy atom. The van der Waals surface area contributed by atoms with E-state index in [1.165, 1.54) is 37.5 Å². The highest BCUT2D eigenvalue weighted by atomic mass is 19.1. The molecule has 0 radical (unpaired) electrons. The van der Waals surface area contributed by atoms with Gasteiger partial charge >= 0.3 is 0 Å². The quantitative estimate of drug-likeness (QED) is 0.788. The van der Waals surface area contributed by atoms with Gasteiger partial charge in [0.25, 0.3) is 5.91 Å². The lowest BCUT2D eigenvalue weighted by molar-refractivity contribution is 0.0948. The Labute approximate surface area is 100 Å². The van der Waals surface area contributed by atoms with E-state index in [4.69, 9.17) is 5.73 Å². The van der Waals surface area contributed by atoms with Gasteiger partial charge in [-0.15, -0.1) is 0 Å². The molecule has 1 aromatic carbocycles. The van der Waals surface area contributed by atoms with E-state index in [0.29, 0.717) is 12.1 Å². The number of carbonyl (C=O) groups excluding carboxylic acids is 1. The molecule has 4 heteroatoms. The highest BCUT2D eigenvalue weighted by molar-refractivity contribution is 5.94. The van der Waals surface area contributed by atoms with Crippen molar-refractivity contribution in [1.29, 1.82) is 0 Å². The molecule has 2 rings (SSSR count). The number of benzene rings is 1. The van der Waals surface area contributed by atoms with Crippen LogP contribution >= 0.6 is 0 Å².